The van der Waals surface area contributed by atoms with E-state index in [1.165, 1.54) is 0 Å². The van der Waals surface area contributed by atoms with E-state index in [4.69, 9.17) is 4.74 Å². The van der Waals surface area contributed by atoms with Crippen LogP contribution in [-0.4, -0.2) is 13.0 Å². The SMILES string of the molecule is Cc1ccc(OCC(F)F)c(Br)c1. The third kappa shape index (κ3) is 3.30. The molecule has 1 rings (SSSR count). The Hall–Kier alpha value is -0.640. The quantitative estimate of drug-likeness (QED) is 0.799. The average Bonchev–Trinajstić information content (AvgIpc) is 2.02. The van der Waals surface area contributed by atoms with Crippen molar-refractivity contribution in [1.29, 1.82) is 0 Å². The maximum Gasteiger partial charge on any atom is 0.272 e. The Kier molecular flexibility index (Phi) is 3.66. The average molecular weight is 251 g/mol. The number of alkyl halides is 2. The van der Waals surface area contributed by atoms with Crippen LogP contribution in [0, 0.1) is 6.92 Å². The second kappa shape index (κ2) is 4.56. The molecule has 0 radical (unpaired) electrons. The van der Waals surface area contributed by atoms with Gasteiger partial charge in [-0.1, -0.05) is 6.07 Å². The summed E-state index contributed by atoms with van der Waals surface area (Å²) in [6.45, 7) is 1.35. The van der Waals surface area contributed by atoms with Crippen LogP contribution < -0.4 is 4.74 Å². The Morgan fingerprint density at radius 1 is 1.46 bits per heavy atom. The van der Waals surface area contributed by atoms with Crippen molar-refractivity contribution in [2.24, 2.45) is 0 Å². The fraction of sp³-hybridized carbons (Fsp3) is 0.333. The van der Waals surface area contributed by atoms with Gasteiger partial charge in [-0.15, -0.1) is 0 Å². The van der Waals surface area contributed by atoms with Crippen LogP contribution in [0.3, 0.4) is 0 Å². The molecule has 0 bridgehead atoms. The zero-order valence-electron chi connectivity index (χ0n) is 7.06. The number of benzene rings is 1. The molecule has 0 aliphatic heterocycles. The second-order valence-corrected chi connectivity index (χ2v) is 3.49. The lowest BCUT2D eigenvalue weighted by Gasteiger charge is -2.07. The Morgan fingerprint density at radius 3 is 2.69 bits per heavy atom. The van der Waals surface area contributed by atoms with Crippen LogP contribution in [-0.2, 0) is 0 Å². The fourth-order valence-electron chi connectivity index (χ4n) is 0.876. The third-order valence-corrected chi connectivity index (χ3v) is 2.07. The van der Waals surface area contributed by atoms with Crippen LogP contribution >= 0.6 is 15.9 Å². The topological polar surface area (TPSA) is 9.23 Å². The van der Waals surface area contributed by atoms with Gasteiger partial charge in [0.15, 0.2) is 0 Å². The van der Waals surface area contributed by atoms with Crippen LogP contribution in [0.2, 0.25) is 0 Å². The monoisotopic (exact) mass is 250 g/mol. The van der Waals surface area contributed by atoms with Crippen molar-refractivity contribution in [3.63, 3.8) is 0 Å². The van der Waals surface area contributed by atoms with E-state index in [0.29, 0.717) is 10.2 Å². The van der Waals surface area contributed by atoms with E-state index >= 15 is 0 Å². The lowest BCUT2D eigenvalue weighted by molar-refractivity contribution is 0.0815. The van der Waals surface area contributed by atoms with Crippen molar-refractivity contribution >= 4 is 15.9 Å². The van der Waals surface area contributed by atoms with Gasteiger partial charge in [0.25, 0.3) is 6.43 Å². The van der Waals surface area contributed by atoms with Crippen LogP contribution in [0.25, 0.3) is 0 Å². The van der Waals surface area contributed by atoms with Gasteiger partial charge >= 0.3 is 0 Å². The molecule has 0 N–H and O–H groups in total. The summed E-state index contributed by atoms with van der Waals surface area (Å²) in [6.07, 6.45) is -2.44. The summed E-state index contributed by atoms with van der Waals surface area (Å²) < 4.78 is 29.1. The summed E-state index contributed by atoms with van der Waals surface area (Å²) in [7, 11) is 0. The van der Waals surface area contributed by atoms with Crippen molar-refractivity contribution in [2.45, 2.75) is 13.3 Å². The number of aryl methyl sites for hydroxylation is 1. The molecule has 4 heteroatoms. The molecule has 0 fully saturated rings. The normalized spacial score (nSPS) is 10.5. The second-order valence-electron chi connectivity index (χ2n) is 2.64. The number of hydrogen-bond donors (Lipinski definition) is 0. The summed E-state index contributed by atoms with van der Waals surface area (Å²) >= 11 is 3.23. The third-order valence-electron chi connectivity index (χ3n) is 1.45. The van der Waals surface area contributed by atoms with Crippen molar-refractivity contribution in [3.8, 4) is 5.75 Å². The van der Waals surface area contributed by atoms with E-state index in [2.05, 4.69) is 15.9 Å². The standard InChI is InChI=1S/C9H9BrF2O/c1-6-2-3-8(7(10)4-6)13-5-9(11)12/h2-4,9H,5H2,1H3. The molecule has 0 spiro atoms. The van der Waals surface area contributed by atoms with E-state index in [1.807, 2.05) is 19.1 Å². The first-order valence-corrected chi connectivity index (χ1v) is 4.56. The number of hydrogen-bond acceptors (Lipinski definition) is 1. The van der Waals surface area contributed by atoms with Crippen LogP contribution in [0.4, 0.5) is 8.78 Å². The van der Waals surface area contributed by atoms with E-state index in [9.17, 15) is 8.78 Å². The van der Waals surface area contributed by atoms with Crippen molar-refractivity contribution in [1.82, 2.24) is 0 Å². The number of halogens is 3. The minimum absolute atomic E-state index is 0.450. The summed E-state index contributed by atoms with van der Waals surface area (Å²) in [5.74, 6) is 0.450. The Morgan fingerprint density at radius 2 is 2.15 bits per heavy atom. The first-order valence-electron chi connectivity index (χ1n) is 3.76. The van der Waals surface area contributed by atoms with E-state index in [-0.39, 0.29) is 0 Å². The van der Waals surface area contributed by atoms with Gasteiger partial charge in [0.05, 0.1) is 4.47 Å². The minimum atomic E-state index is -2.44. The molecule has 13 heavy (non-hydrogen) atoms. The first kappa shape index (κ1) is 10.4. The minimum Gasteiger partial charge on any atom is -0.486 e. The molecule has 72 valence electrons. The van der Waals surface area contributed by atoms with Gasteiger partial charge in [0.2, 0.25) is 0 Å². The van der Waals surface area contributed by atoms with Crippen molar-refractivity contribution in [2.75, 3.05) is 6.61 Å². The predicted molar refractivity (Wildman–Crippen MR) is 50.4 cm³/mol. The summed E-state index contributed by atoms with van der Waals surface area (Å²) in [5, 5.41) is 0. The highest BCUT2D eigenvalue weighted by Crippen LogP contribution is 2.25. The van der Waals surface area contributed by atoms with Crippen molar-refractivity contribution < 1.29 is 13.5 Å². The molecule has 0 aliphatic carbocycles. The highest BCUT2D eigenvalue weighted by molar-refractivity contribution is 9.10. The summed E-state index contributed by atoms with van der Waals surface area (Å²) in [5.41, 5.74) is 1.05. The summed E-state index contributed by atoms with van der Waals surface area (Å²) in [4.78, 5) is 0. The molecule has 0 saturated heterocycles. The molecule has 0 unspecified atom stereocenters. The maximum absolute atomic E-state index is 11.8. The number of rotatable bonds is 3. The molecule has 0 aromatic heterocycles. The van der Waals surface area contributed by atoms with Gasteiger partial charge in [-0.25, -0.2) is 8.78 Å². The van der Waals surface area contributed by atoms with Gasteiger partial charge in [-0.05, 0) is 40.5 Å². The van der Waals surface area contributed by atoms with Gasteiger partial charge in [-0.3, -0.25) is 0 Å². The van der Waals surface area contributed by atoms with Crippen LogP contribution in [0.5, 0.6) is 5.75 Å². The van der Waals surface area contributed by atoms with E-state index in [1.54, 1.807) is 6.07 Å². The molecule has 0 amide bonds. The smallest absolute Gasteiger partial charge is 0.272 e. The Bertz CT molecular complexity index is 289. The molecule has 1 aromatic rings. The molecule has 0 saturated carbocycles. The van der Waals surface area contributed by atoms with Crippen LogP contribution in [0.15, 0.2) is 22.7 Å². The molecular formula is C9H9BrF2O. The lowest BCUT2D eigenvalue weighted by atomic mass is 10.2. The highest BCUT2D eigenvalue weighted by atomic mass is 79.9. The van der Waals surface area contributed by atoms with E-state index < -0.39 is 13.0 Å². The molecule has 1 aromatic carbocycles. The largest absolute Gasteiger partial charge is 0.486 e. The maximum atomic E-state index is 11.8. The van der Waals surface area contributed by atoms with Gasteiger partial charge in [0, 0.05) is 0 Å². The molecule has 1 nitrogen and oxygen atoms in total. The predicted octanol–water partition coefficient (Wildman–Crippen LogP) is 3.40. The molecular weight excluding hydrogens is 242 g/mol. The Balaban J connectivity index is 2.67. The van der Waals surface area contributed by atoms with Gasteiger partial charge < -0.3 is 4.74 Å². The summed E-state index contributed by atoms with van der Waals surface area (Å²) in [6, 6.07) is 5.30. The fourth-order valence-corrected chi connectivity index (χ4v) is 1.48. The highest BCUT2D eigenvalue weighted by Gasteiger charge is 2.05. The van der Waals surface area contributed by atoms with Gasteiger partial charge in [-0.2, -0.15) is 0 Å². The van der Waals surface area contributed by atoms with Crippen molar-refractivity contribution in [3.05, 3.63) is 28.2 Å². The van der Waals surface area contributed by atoms with E-state index in [0.717, 1.165) is 5.56 Å². The molecule has 0 aliphatic rings. The zero-order chi connectivity index (χ0) is 9.84. The van der Waals surface area contributed by atoms with Crippen LogP contribution in [0.1, 0.15) is 5.56 Å². The molecule has 0 atom stereocenters. The number of ether oxygens (including phenoxy) is 1. The molecule has 0 heterocycles. The zero-order valence-corrected chi connectivity index (χ0v) is 8.64. The lowest BCUT2D eigenvalue weighted by Crippen LogP contribution is -2.07. The Labute approximate surface area is 83.8 Å². The first-order chi connectivity index (χ1) is 6.09. The van der Waals surface area contributed by atoms with Gasteiger partial charge in [0.1, 0.15) is 12.4 Å².